The number of hydrogen-bond donors (Lipinski definition) is 0. The monoisotopic (exact) mass is 252 g/mol. The topological polar surface area (TPSA) is 40.6 Å². The van der Waals surface area contributed by atoms with Gasteiger partial charge in [0.15, 0.2) is 0 Å². The zero-order chi connectivity index (χ0) is 12.6. The van der Waals surface area contributed by atoms with Gasteiger partial charge < -0.3 is 9.80 Å². The summed E-state index contributed by atoms with van der Waals surface area (Å²) in [7, 11) is 5.24. The maximum absolute atomic E-state index is 12.1. The maximum Gasteiger partial charge on any atom is 0.228 e. The van der Waals surface area contributed by atoms with Crippen molar-refractivity contribution in [2.45, 2.75) is 12.5 Å². The quantitative estimate of drug-likeness (QED) is 0.797. The minimum atomic E-state index is -0.249. The molecule has 1 fully saturated rings. The van der Waals surface area contributed by atoms with Gasteiger partial charge in [0.25, 0.3) is 0 Å². The van der Waals surface area contributed by atoms with Crippen LogP contribution < -0.4 is 0 Å². The van der Waals surface area contributed by atoms with E-state index in [1.807, 2.05) is 17.5 Å². The fourth-order valence-electron chi connectivity index (χ4n) is 2.27. The van der Waals surface area contributed by atoms with E-state index in [1.165, 1.54) is 0 Å². The van der Waals surface area contributed by atoms with Gasteiger partial charge in [0, 0.05) is 32.4 Å². The molecule has 0 radical (unpaired) electrons. The molecule has 1 aliphatic heterocycles. The van der Waals surface area contributed by atoms with Gasteiger partial charge in [-0.1, -0.05) is 6.07 Å². The fourth-order valence-corrected chi connectivity index (χ4v) is 3.20. The summed E-state index contributed by atoms with van der Waals surface area (Å²) < 4.78 is 0. The van der Waals surface area contributed by atoms with Crippen molar-refractivity contribution in [3.63, 3.8) is 0 Å². The van der Waals surface area contributed by atoms with Crippen molar-refractivity contribution in [1.82, 2.24) is 9.80 Å². The Hall–Kier alpha value is -1.36. The van der Waals surface area contributed by atoms with Crippen LogP contribution >= 0.6 is 11.3 Å². The number of nitrogens with zero attached hydrogens (tertiary/aromatic N) is 2. The Labute approximate surface area is 105 Å². The minimum Gasteiger partial charge on any atom is -0.348 e. The molecule has 2 heterocycles. The SMILES string of the molecule is CN(C)C(=O)[C@H]1CC(=O)N(C)[C@H]1c1cccs1. The molecule has 1 aromatic rings. The summed E-state index contributed by atoms with van der Waals surface area (Å²) in [4.78, 5) is 28.2. The summed E-state index contributed by atoms with van der Waals surface area (Å²) in [6, 6.07) is 3.84. The van der Waals surface area contributed by atoms with E-state index in [0.717, 1.165) is 4.88 Å². The number of likely N-dealkylation sites (tertiary alicyclic amines) is 1. The first-order valence-electron chi connectivity index (χ1n) is 5.52. The lowest BCUT2D eigenvalue weighted by Crippen LogP contribution is -2.33. The summed E-state index contributed by atoms with van der Waals surface area (Å²) in [5.74, 6) is -0.175. The van der Waals surface area contributed by atoms with Crippen molar-refractivity contribution in [3.8, 4) is 0 Å². The van der Waals surface area contributed by atoms with Crippen molar-refractivity contribution >= 4 is 23.2 Å². The second-order valence-corrected chi connectivity index (χ2v) is 5.49. The van der Waals surface area contributed by atoms with E-state index in [-0.39, 0.29) is 23.8 Å². The van der Waals surface area contributed by atoms with E-state index in [2.05, 4.69) is 0 Å². The Kier molecular flexibility index (Phi) is 3.19. The van der Waals surface area contributed by atoms with Gasteiger partial charge in [-0.2, -0.15) is 0 Å². The smallest absolute Gasteiger partial charge is 0.228 e. The Balaban J connectivity index is 2.32. The number of carbonyl (C=O) groups excluding carboxylic acids is 2. The van der Waals surface area contributed by atoms with Crippen LogP contribution in [0.2, 0.25) is 0 Å². The third-order valence-corrected chi connectivity index (χ3v) is 4.12. The highest BCUT2D eigenvalue weighted by atomic mass is 32.1. The second-order valence-electron chi connectivity index (χ2n) is 4.51. The van der Waals surface area contributed by atoms with Gasteiger partial charge in [0.1, 0.15) is 0 Å². The molecule has 17 heavy (non-hydrogen) atoms. The fraction of sp³-hybridized carbons (Fsp3) is 0.500. The molecule has 0 aliphatic carbocycles. The van der Waals surface area contributed by atoms with Crippen LogP contribution in [0.15, 0.2) is 17.5 Å². The first-order chi connectivity index (χ1) is 8.02. The van der Waals surface area contributed by atoms with Gasteiger partial charge >= 0.3 is 0 Å². The Morgan fingerprint density at radius 3 is 2.76 bits per heavy atom. The number of hydrogen-bond acceptors (Lipinski definition) is 3. The molecular weight excluding hydrogens is 236 g/mol. The number of amides is 2. The summed E-state index contributed by atoms with van der Waals surface area (Å²) in [6.45, 7) is 0. The van der Waals surface area contributed by atoms with Gasteiger partial charge in [-0.25, -0.2) is 0 Å². The number of thiophene rings is 1. The highest BCUT2D eigenvalue weighted by Gasteiger charge is 2.43. The van der Waals surface area contributed by atoms with Gasteiger partial charge in [-0.15, -0.1) is 11.3 Å². The van der Waals surface area contributed by atoms with Crippen LogP contribution in [0.3, 0.4) is 0 Å². The molecule has 5 heteroatoms. The predicted molar refractivity (Wildman–Crippen MR) is 66.6 cm³/mol. The molecule has 0 unspecified atom stereocenters. The van der Waals surface area contributed by atoms with Gasteiger partial charge in [-0.3, -0.25) is 9.59 Å². The lowest BCUT2D eigenvalue weighted by atomic mass is 9.97. The first-order valence-corrected chi connectivity index (χ1v) is 6.40. The average molecular weight is 252 g/mol. The summed E-state index contributed by atoms with van der Waals surface area (Å²) in [5, 5.41) is 1.98. The van der Waals surface area contributed by atoms with Crippen LogP contribution in [-0.2, 0) is 9.59 Å². The van der Waals surface area contributed by atoms with E-state index in [4.69, 9.17) is 0 Å². The highest BCUT2D eigenvalue weighted by molar-refractivity contribution is 7.10. The third-order valence-electron chi connectivity index (χ3n) is 3.18. The summed E-state index contributed by atoms with van der Waals surface area (Å²) >= 11 is 1.59. The number of carbonyl (C=O) groups is 2. The van der Waals surface area contributed by atoms with Crippen LogP contribution in [0.4, 0.5) is 0 Å². The summed E-state index contributed by atoms with van der Waals surface area (Å²) in [5.41, 5.74) is 0. The largest absolute Gasteiger partial charge is 0.348 e. The predicted octanol–water partition coefficient (Wildman–Crippen LogP) is 1.36. The standard InChI is InChI=1S/C12H16N2O2S/c1-13(2)12(16)8-7-10(15)14(3)11(8)9-5-4-6-17-9/h4-6,8,11H,7H2,1-3H3/t8-,11+/m0/s1. The van der Waals surface area contributed by atoms with Gasteiger partial charge in [0.05, 0.1) is 12.0 Å². The van der Waals surface area contributed by atoms with Crippen LogP contribution in [0.25, 0.3) is 0 Å². The van der Waals surface area contributed by atoms with E-state index in [9.17, 15) is 9.59 Å². The Morgan fingerprint density at radius 2 is 2.24 bits per heavy atom. The van der Waals surface area contributed by atoms with Crippen molar-refractivity contribution in [2.75, 3.05) is 21.1 Å². The van der Waals surface area contributed by atoms with Crippen molar-refractivity contribution in [3.05, 3.63) is 22.4 Å². The molecule has 4 nitrogen and oxygen atoms in total. The van der Waals surface area contributed by atoms with Crippen LogP contribution in [0.1, 0.15) is 17.3 Å². The normalized spacial score (nSPS) is 24.2. The van der Waals surface area contributed by atoms with Crippen molar-refractivity contribution in [2.24, 2.45) is 5.92 Å². The molecule has 0 aromatic carbocycles. The molecule has 1 aliphatic rings. The van der Waals surface area contributed by atoms with Crippen molar-refractivity contribution in [1.29, 1.82) is 0 Å². The second kappa shape index (κ2) is 4.49. The van der Waals surface area contributed by atoms with Crippen molar-refractivity contribution < 1.29 is 9.59 Å². The Morgan fingerprint density at radius 1 is 1.53 bits per heavy atom. The molecule has 2 atom stereocenters. The molecule has 2 amide bonds. The maximum atomic E-state index is 12.1. The molecule has 2 rings (SSSR count). The van der Waals surface area contributed by atoms with E-state index < -0.39 is 0 Å². The van der Waals surface area contributed by atoms with Crippen LogP contribution in [-0.4, -0.2) is 42.8 Å². The van der Waals surface area contributed by atoms with Gasteiger partial charge in [-0.05, 0) is 11.4 Å². The van der Waals surface area contributed by atoms with Gasteiger partial charge in [0.2, 0.25) is 11.8 Å². The Bertz CT molecular complexity index is 428. The molecular formula is C12H16N2O2S. The summed E-state index contributed by atoms with van der Waals surface area (Å²) in [6.07, 6.45) is 0.316. The van der Waals surface area contributed by atoms with E-state index >= 15 is 0 Å². The molecule has 92 valence electrons. The average Bonchev–Trinajstić information content (AvgIpc) is 2.87. The molecule has 1 saturated heterocycles. The first kappa shape index (κ1) is 12.1. The minimum absolute atomic E-state index is 0.0288. The zero-order valence-electron chi connectivity index (χ0n) is 10.2. The molecule has 1 aromatic heterocycles. The lowest BCUT2D eigenvalue weighted by Gasteiger charge is -2.25. The third kappa shape index (κ3) is 2.07. The molecule has 0 spiro atoms. The van der Waals surface area contributed by atoms with E-state index in [0.29, 0.717) is 6.42 Å². The molecule has 0 N–H and O–H groups in total. The van der Waals surface area contributed by atoms with Crippen LogP contribution in [0.5, 0.6) is 0 Å². The van der Waals surface area contributed by atoms with Crippen LogP contribution in [0, 0.1) is 5.92 Å². The highest BCUT2D eigenvalue weighted by Crippen LogP contribution is 2.39. The zero-order valence-corrected chi connectivity index (χ0v) is 11.0. The van der Waals surface area contributed by atoms with E-state index in [1.54, 1.807) is 42.3 Å². The molecule has 0 bridgehead atoms. The lowest BCUT2D eigenvalue weighted by molar-refractivity contribution is -0.134. The molecule has 0 saturated carbocycles. The number of rotatable bonds is 2.